The molecular weight excluding hydrogens is 348 g/mol. The Hall–Kier alpha value is -2.51. The van der Waals surface area contributed by atoms with Crippen LogP contribution in [0.4, 0.5) is 0 Å². The van der Waals surface area contributed by atoms with Gasteiger partial charge < -0.3 is 9.32 Å². The quantitative estimate of drug-likeness (QED) is 0.707. The van der Waals surface area contributed by atoms with E-state index in [-0.39, 0.29) is 11.9 Å². The summed E-state index contributed by atoms with van der Waals surface area (Å²) >= 11 is 1.58. The summed E-state index contributed by atoms with van der Waals surface area (Å²) in [5.41, 5.74) is 0.742. The summed E-state index contributed by atoms with van der Waals surface area (Å²) in [4.78, 5) is 17.7. The first-order valence-corrected chi connectivity index (χ1v) is 9.56. The van der Waals surface area contributed by atoms with E-state index in [9.17, 15) is 4.79 Å². The Morgan fingerprint density at radius 3 is 2.54 bits per heavy atom. The largest absolute Gasteiger partial charge is 0.418 e. The lowest BCUT2D eigenvalue weighted by Crippen LogP contribution is -2.49. The van der Waals surface area contributed by atoms with Crippen LogP contribution in [-0.2, 0) is 0 Å². The Labute approximate surface area is 156 Å². The molecule has 0 unspecified atom stereocenters. The normalized spacial score (nSPS) is 16.6. The van der Waals surface area contributed by atoms with Crippen molar-refractivity contribution in [3.63, 3.8) is 0 Å². The van der Waals surface area contributed by atoms with E-state index < -0.39 is 0 Å². The van der Waals surface area contributed by atoms with E-state index in [1.807, 2.05) is 52.7 Å². The molecule has 0 saturated carbocycles. The van der Waals surface area contributed by atoms with Gasteiger partial charge in [0, 0.05) is 31.7 Å². The SMILES string of the molecule is C[C@H](c1nnc(-c2cccs2)o1)N1CCN(C(=O)c2ccccc2)CC1. The fourth-order valence-electron chi connectivity index (χ4n) is 3.14. The lowest BCUT2D eigenvalue weighted by atomic mass is 10.1. The van der Waals surface area contributed by atoms with Crippen LogP contribution in [0.25, 0.3) is 10.8 Å². The molecule has 134 valence electrons. The van der Waals surface area contributed by atoms with E-state index in [1.54, 1.807) is 11.3 Å². The summed E-state index contributed by atoms with van der Waals surface area (Å²) in [5, 5.41) is 10.4. The van der Waals surface area contributed by atoms with E-state index in [2.05, 4.69) is 22.0 Å². The molecule has 1 atom stereocenters. The van der Waals surface area contributed by atoms with Crippen molar-refractivity contribution in [3.8, 4) is 10.8 Å². The molecule has 0 N–H and O–H groups in total. The lowest BCUT2D eigenvalue weighted by molar-refractivity contribution is 0.0559. The van der Waals surface area contributed by atoms with Gasteiger partial charge in [0.15, 0.2) is 0 Å². The number of hydrogen-bond acceptors (Lipinski definition) is 6. The van der Waals surface area contributed by atoms with Crippen molar-refractivity contribution in [1.82, 2.24) is 20.0 Å². The van der Waals surface area contributed by atoms with Crippen LogP contribution in [0.2, 0.25) is 0 Å². The smallest absolute Gasteiger partial charge is 0.257 e. The summed E-state index contributed by atoms with van der Waals surface area (Å²) in [6.45, 7) is 5.04. The van der Waals surface area contributed by atoms with Crippen molar-refractivity contribution in [2.45, 2.75) is 13.0 Å². The first-order valence-electron chi connectivity index (χ1n) is 8.68. The van der Waals surface area contributed by atoms with E-state index in [4.69, 9.17) is 4.42 Å². The number of benzene rings is 1. The summed E-state index contributed by atoms with van der Waals surface area (Å²) in [7, 11) is 0. The molecule has 0 spiro atoms. The fraction of sp³-hybridized carbons (Fsp3) is 0.316. The molecule has 3 heterocycles. The summed E-state index contributed by atoms with van der Waals surface area (Å²) < 4.78 is 5.85. The summed E-state index contributed by atoms with van der Waals surface area (Å²) in [6, 6.07) is 13.4. The highest BCUT2D eigenvalue weighted by atomic mass is 32.1. The zero-order valence-electron chi connectivity index (χ0n) is 14.5. The second kappa shape index (κ2) is 7.39. The first-order chi connectivity index (χ1) is 12.7. The van der Waals surface area contributed by atoms with Crippen molar-refractivity contribution >= 4 is 17.2 Å². The monoisotopic (exact) mass is 368 g/mol. The standard InChI is InChI=1S/C19H20N4O2S/c1-14(17-20-21-18(25-17)16-8-5-13-26-16)22-9-11-23(12-10-22)19(24)15-6-3-2-4-7-15/h2-8,13-14H,9-12H2,1H3/t14-/m1/s1. The minimum atomic E-state index is 0.0326. The molecule has 26 heavy (non-hydrogen) atoms. The fourth-order valence-corrected chi connectivity index (χ4v) is 3.78. The number of aromatic nitrogens is 2. The van der Waals surface area contributed by atoms with Gasteiger partial charge in [0.25, 0.3) is 11.8 Å². The maximum absolute atomic E-state index is 12.5. The average molecular weight is 368 g/mol. The Bertz CT molecular complexity index is 855. The molecule has 1 aliphatic rings. The van der Waals surface area contributed by atoms with Crippen LogP contribution in [0.15, 0.2) is 52.3 Å². The van der Waals surface area contributed by atoms with Gasteiger partial charge in [-0.05, 0) is 30.5 Å². The maximum Gasteiger partial charge on any atom is 0.257 e. The van der Waals surface area contributed by atoms with Crippen molar-refractivity contribution in [3.05, 3.63) is 59.3 Å². The second-order valence-electron chi connectivity index (χ2n) is 6.29. The van der Waals surface area contributed by atoms with Gasteiger partial charge in [-0.15, -0.1) is 21.5 Å². The molecular formula is C19H20N4O2S. The third-order valence-corrected chi connectivity index (χ3v) is 5.56. The third kappa shape index (κ3) is 3.40. The van der Waals surface area contributed by atoms with Crippen LogP contribution < -0.4 is 0 Å². The number of thiophene rings is 1. The van der Waals surface area contributed by atoms with Crippen molar-refractivity contribution in [2.24, 2.45) is 0 Å². The second-order valence-corrected chi connectivity index (χ2v) is 7.24. The number of carbonyl (C=O) groups excluding carboxylic acids is 1. The predicted molar refractivity (Wildman–Crippen MR) is 99.9 cm³/mol. The highest BCUT2D eigenvalue weighted by Crippen LogP contribution is 2.27. The molecule has 1 aromatic carbocycles. The van der Waals surface area contributed by atoms with Crippen molar-refractivity contribution < 1.29 is 9.21 Å². The van der Waals surface area contributed by atoms with Gasteiger partial charge in [-0.3, -0.25) is 9.69 Å². The Morgan fingerprint density at radius 2 is 1.85 bits per heavy atom. The molecule has 7 heteroatoms. The van der Waals surface area contributed by atoms with Crippen LogP contribution >= 0.6 is 11.3 Å². The Balaban J connectivity index is 1.38. The molecule has 6 nitrogen and oxygen atoms in total. The number of nitrogens with zero attached hydrogens (tertiary/aromatic N) is 4. The Morgan fingerprint density at radius 1 is 1.08 bits per heavy atom. The predicted octanol–water partition coefficient (Wildman–Crippen LogP) is 3.32. The molecule has 1 fully saturated rings. The molecule has 1 amide bonds. The van der Waals surface area contributed by atoms with Gasteiger partial charge in [0.2, 0.25) is 5.89 Å². The molecule has 2 aromatic heterocycles. The molecule has 0 bridgehead atoms. The molecule has 1 saturated heterocycles. The number of hydrogen-bond donors (Lipinski definition) is 0. The van der Waals surface area contributed by atoms with Gasteiger partial charge in [-0.25, -0.2) is 0 Å². The van der Waals surface area contributed by atoms with Crippen LogP contribution in [0, 0.1) is 0 Å². The molecule has 1 aliphatic heterocycles. The van der Waals surface area contributed by atoms with E-state index >= 15 is 0 Å². The highest BCUT2D eigenvalue weighted by molar-refractivity contribution is 7.13. The van der Waals surface area contributed by atoms with E-state index in [0.29, 0.717) is 24.9 Å². The Kier molecular flexibility index (Phi) is 4.81. The topological polar surface area (TPSA) is 62.5 Å². The minimum absolute atomic E-state index is 0.0326. The van der Waals surface area contributed by atoms with Gasteiger partial charge in [-0.1, -0.05) is 24.3 Å². The molecule has 3 aromatic rings. The lowest BCUT2D eigenvalue weighted by Gasteiger charge is -2.36. The maximum atomic E-state index is 12.5. The summed E-state index contributed by atoms with van der Waals surface area (Å²) in [6.07, 6.45) is 0. The van der Waals surface area contributed by atoms with Gasteiger partial charge in [0.05, 0.1) is 10.9 Å². The minimum Gasteiger partial charge on any atom is -0.418 e. The zero-order valence-corrected chi connectivity index (χ0v) is 15.4. The zero-order chi connectivity index (χ0) is 17.9. The van der Waals surface area contributed by atoms with Crippen LogP contribution in [0.3, 0.4) is 0 Å². The van der Waals surface area contributed by atoms with E-state index in [1.165, 1.54) is 0 Å². The van der Waals surface area contributed by atoms with E-state index in [0.717, 1.165) is 23.5 Å². The molecule has 0 aliphatic carbocycles. The van der Waals surface area contributed by atoms with Crippen LogP contribution in [0.5, 0.6) is 0 Å². The molecule has 0 radical (unpaired) electrons. The van der Waals surface area contributed by atoms with Crippen molar-refractivity contribution in [1.29, 1.82) is 0 Å². The third-order valence-electron chi connectivity index (χ3n) is 4.70. The number of rotatable bonds is 4. The van der Waals surface area contributed by atoms with Crippen LogP contribution in [0.1, 0.15) is 29.2 Å². The van der Waals surface area contributed by atoms with Crippen molar-refractivity contribution in [2.75, 3.05) is 26.2 Å². The van der Waals surface area contributed by atoms with Gasteiger partial charge >= 0.3 is 0 Å². The van der Waals surface area contributed by atoms with Crippen LogP contribution in [-0.4, -0.2) is 52.1 Å². The number of piperazine rings is 1. The molecule has 4 rings (SSSR count). The first kappa shape index (κ1) is 16.9. The number of carbonyl (C=O) groups is 1. The van der Waals surface area contributed by atoms with Gasteiger partial charge in [0.1, 0.15) is 0 Å². The number of amides is 1. The highest BCUT2D eigenvalue weighted by Gasteiger charge is 2.28. The summed E-state index contributed by atoms with van der Waals surface area (Å²) in [5.74, 6) is 1.28. The average Bonchev–Trinajstić information content (AvgIpc) is 3.39. The van der Waals surface area contributed by atoms with Gasteiger partial charge in [-0.2, -0.15) is 0 Å².